The molecule has 0 N–H and O–H groups in total. The Balaban J connectivity index is 1.42. The highest BCUT2D eigenvalue weighted by atomic mass is 16.5. The smallest absolute Gasteiger partial charge is 0.258 e. The van der Waals surface area contributed by atoms with Crippen molar-refractivity contribution in [3.05, 3.63) is 53.6 Å². The first-order chi connectivity index (χ1) is 15.7. The van der Waals surface area contributed by atoms with Crippen molar-refractivity contribution in [3.8, 4) is 17.2 Å². The van der Waals surface area contributed by atoms with Crippen molar-refractivity contribution in [3.63, 3.8) is 0 Å². The molecule has 1 heterocycles. The minimum atomic E-state index is -0.0281. The van der Waals surface area contributed by atoms with Crippen LogP contribution in [0.3, 0.4) is 0 Å². The molecule has 1 saturated heterocycles. The fourth-order valence-corrected chi connectivity index (χ4v) is 4.37. The van der Waals surface area contributed by atoms with E-state index in [1.807, 2.05) is 29.2 Å². The molecule has 0 radical (unpaired) electrons. The summed E-state index contributed by atoms with van der Waals surface area (Å²) in [5.74, 6) is 1.89. The summed E-state index contributed by atoms with van der Waals surface area (Å²) in [6.45, 7) is 4.56. The van der Waals surface area contributed by atoms with E-state index in [1.54, 1.807) is 20.3 Å². The molecule has 32 heavy (non-hydrogen) atoms. The summed E-state index contributed by atoms with van der Waals surface area (Å²) in [5, 5.41) is 0. The first kappa shape index (κ1) is 22.5. The van der Waals surface area contributed by atoms with Crippen molar-refractivity contribution in [2.24, 2.45) is 0 Å². The quantitative estimate of drug-likeness (QED) is 0.551. The van der Waals surface area contributed by atoms with Gasteiger partial charge in [0.2, 0.25) is 0 Å². The Labute approximate surface area is 191 Å². The van der Waals surface area contributed by atoms with Crippen LogP contribution in [0.2, 0.25) is 0 Å². The molecular formula is C26H34N2O4. The average Bonchev–Trinajstić information content (AvgIpc) is 3.68. The molecule has 1 amide bonds. The SMILES string of the molecule is COc1cccc(C(=O)N(Cc2cccc(OCCN3CCCCC3)c2)C2CC2)c1OC. The molecule has 1 aliphatic heterocycles. The van der Waals surface area contributed by atoms with E-state index in [0.717, 1.165) is 30.7 Å². The summed E-state index contributed by atoms with van der Waals surface area (Å²) < 4.78 is 16.9. The van der Waals surface area contributed by atoms with Gasteiger partial charge in [-0.1, -0.05) is 24.6 Å². The number of methoxy groups -OCH3 is 2. The van der Waals surface area contributed by atoms with Crippen molar-refractivity contribution < 1.29 is 19.0 Å². The molecule has 1 saturated carbocycles. The zero-order valence-corrected chi connectivity index (χ0v) is 19.2. The summed E-state index contributed by atoms with van der Waals surface area (Å²) in [6, 6.07) is 13.8. The van der Waals surface area contributed by atoms with E-state index in [0.29, 0.717) is 30.2 Å². The lowest BCUT2D eigenvalue weighted by Gasteiger charge is -2.26. The van der Waals surface area contributed by atoms with Crippen LogP contribution in [0.15, 0.2) is 42.5 Å². The zero-order chi connectivity index (χ0) is 22.3. The van der Waals surface area contributed by atoms with Crippen LogP contribution in [0, 0.1) is 0 Å². The second-order valence-corrected chi connectivity index (χ2v) is 8.60. The van der Waals surface area contributed by atoms with E-state index in [-0.39, 0.29) is 11.9 Å². The second kappa shape index (κ2) is 10.7. The zero-order valence-electron chi connectivity index (χ0n) is 19.2. The number of rotatable bonds is 10. The highest BCUT2D eigenvalue weighted by Gasteiger charge is 2.34. The van der Waals surface area contributed by atoms with Gasteiger partial charge >= 0.3 is 0 Å². The standard InChI is InChI=1S/C26H34N2O4/c1-30-24-11-7-10-23(25(24)31-2)26(29)28(21-12-13-21)19-20-8-6-9-22(18-20)32-17-16-27-14-4-3-5-15-27/h6-11,18,21H,3-5,12-17,19H2,1-2H3. The Morgan fingerprint density at radius 2 is 1.81 bits per heavy atom. The molecule has 4 rings (SSSR count). The van der Waals surface area contributed by atoms with Gasteiger partial charge in [0, 0.05) is 19.1 Å². The molecule has 6 heteroatoms. The number of carbonyl (C=O) groups is 1. The Hall–Kier alpha value is -2.73. The molecule has 2 aromatic rings. The molecule has 2 aliphatic rings. The van der Waals surface area contributed by atoms with Crippen LogP contribution >= 0.6 is 0 Å². The van der Waals surface area contributed by atoms with Gasteiger partial charge in [-0.25, -0.2) is 0 Å². The number of hydrogen-bond acceptors (Lipinski definition) is 5. The van der Waals surface area contributed by atoms with Crippen molar-refractivity contribution >= 4 is 5.91 Å². The summed E-state index contributed by atoms with van der Waals surface area (Å²) in [6.07, 6.45) is 5.99. The van der Waals surface area contributed by atoms with E-state index in [4.69, 9.17) is 14.2 Å². The topological polar surface area (TPSA) is 51.2 Å². The highest BCUT2D eigenvalue weighted by molar-refractivity contribution is 5.98. The van der Waals surface area contributed by atoms with Gasteiger partial charge in [0.15, 0.2) is 11.5 Å². The van der Waals surface area contributed by atoms with Crippen molar-refractivity contribution in [1.29, 1.82) is 0 Å². The van der Waals surface area contributed by atoms with Gasteiger partial charge in [-0.15, -0.1) is 0 Å². The van der Waals surface area contributed by atoms with Gasteiger partial charge in [-0.3, -0.25) is 9.69 Å². The van der Waals surface area contributed by atoms with Crippen molar-refractivity contribution in [2.45, 2.75) is 44.7 Å². The molecular weight excluding hydrogens is 404 g/mol. The number of amides is 1. The Morgan fingerprint density at radius 1 is 1.03 bits per heavy atom. The molecule has 0 unspecified atom stereocenters. The Morgan fingerprint density at radius 3 is 2.53 bits per heavy atom. The van der Waals surface area contributed by atoms with Crippen LogP contribution in [0.1, 0.15) is 48.0 Å². The number of piperidine rings is 1. The van der Waals surface area contributed by atoms with Crippen LogP contribution in [0.5, 0.6) is 17.2 Å². The molecule has 0 aromatic heterocycles. The molecule has 0 atom stereocenters. The van der Waals surface area contributed by atoms with Gasteiger partial charge in [0.25, 0.3) is 5.91 Å². The lowest BCUT2D eigenvalue weighted by Crippen LogP contribution is -2.33. The number of likely N-dealkylation sites (tertiary alicyclic amines) is 1. The third-order valence-electron chi connectivity index (χ3n) is 6.26. The predicted molar refractivity (Wildman–Crippen MR) is 125 cm³/mol. The lowest BCUT2D eigenvalue weighted by molar-refractivity contribution is 0.0725. The lowest BCUT2D eigenvalue weighted by atomic mass is 10.1. The normalized spacial score (nSPS) is 16.4. The third kappa shape index (κ3) is 5.54. The molecule has 172 valence electrons. The maximum atomic E-state index is 13.5. The van der Waals surface area contributed by atoms with Gasteiger partial charge in [0.1, 0.15) is 12.4 Å². The first-order valence-corrected chi connectivity index (χ1v) is 11.7. The largest absolute Gasteiger partial charge is 0.493 e. The summed E-state index contributed by atoms with van der Waals surface area (Å²) in [5.41, 5.74) is 1.61. The van der Waals surface area contributed by atoms with Gasteiger partial charge in [-0.05, 0) is 68.6 Å². The average molecular weight is 439 g/mol. The monoisotopic (exact) mass is 438 g/mol. The number of para-hydroxylation sites is 1. The minimum Gasteiger partial charge on any atom is -0.493 e. The summed E-state index contributed by atoms with van der Waals surface area (Å²) >= 11 is 0. The van der Waals surface area contributed by atoms with Gasteiger partial charge < -0.3 is 19.1 Å². The molecule has 0 spiro atoms. The minimum absolute atomic E-state index is 0.0281. The van der Waals surface area contributed by atoms with Crippen LogP contribution in [-0.2, 0) is 6.54 Å². The summed E-state index contributed by atoms with van der Waals surface area (Å²) in [7, 11) is 3.16. The number of ether oxygens (including phenoxy) is 3. The van der Waals surface area contributed by atoms with Crippen LogP contribution in [-0.4, -0.2) is 62.2 Å². The number of nitrogens with zero attached hydrogens (tertiary/aromatic N) is 2. The fourth-order valence-electron chi connectivity index (χ4n) is 4.37. The molecule has 0 bridgehead atoms. The van der Waals surface area contributed by atoms with E-state index in [2.05, 4.69) is 17.0 Å². The number of carbonyl (C=O) groups excluding carboxylic acids is 1. The fraction of sp³-hybridized carbons (Fsp3) is 0.500. The predicted octanol–water partition coefficient (Wildman–Crippen LogP) is 4.37. The maximum absolute atomic E-state index is 13.5. The van der Waals surface area contributed by atoms with Gasteiger partial charge in [-0.2, -0.15) is 0 Å². The first-order valence-electron chi connectivity index (χ1n) is 11.7. The number of hydrogen-bond donors (Lipinski definition) is 0. The van der Waals surface area contributed by atoms with Gasteiger partial charge in [0.05, 0.1) is 19.8 Å². The summed E-state index contributed by atoms with van der Waals surface area (Å²) in [4.78, 5) is 17.9. The Bertz CT molecular complexity index is 906. The van der Waals surface area contributed by atoms with E-state index in [9.17, 15) is 4.79 Å². The van der Waals surface area contributed by atoms with E-state index < -0.39 is 0 Å². The Kier molecular flexibility index (Phi) is 7.53. The van der Waals surface area contributed by atoms with Crippen LogP contribution in [0.25, 0.3) is 0 Å². The number of benzene rings is 2. The molecule has 1 aliphatic carbocycles. The third-order valence-corrected chi connectivity index (χ3v) is 6.26. The molecule has 2 fully saturated rings. The van der Waals surface area contributed by atoms with Crippen molar-refractivity contribution in [1.82, 2.24) is 9.80 Å². The highest BCUT2D eigenvalue weighted by Crippen LogP contribution is 2.35. The second-order valence-electron chi connectivity index (χ2n) is 8.60. The van der Waals surface area contributed by atoms with Crippen molar-refractivity contribution in [2.75, 3.05) is 40.5 Å². The van der Waals surface area contributed by atoms with E-state index in [1.165, 1.54) is 32.4 Å². The van der Waals surface area contributed by atoms with Crippen LogP contribution < -0.4 is 14.2 Å². The van der Waals surface area contributed by atoms with E-state index >= 15 is 0 Å². The molecule has 2 aromatic carbocycles. The van der Waals surface area contributed by atoms with Crippen LogP contribution in [0.4, 0.5) is 0 Å². The maximum Gasteiger partial charge on any atom is 0.258 e. The molecule has 6 nitrogen and oxygen atoms in total.